The largest absolute Gasteiger partial charge is 0.354 e. The molecule has 1 saturated heterocycles. The second-order valence-electron chi connectivity index (χ2n) is 6.46. The topological polar surface area (TPSA) is 81.8 Å². The van der Waals surface area contributed by atoms with Gasteiger partial charge < -0.3 is 15.5 Å². The Morgan fingerprint density at radius 2 is 1.92 bits per heavy atom. The SMILES string of the molecule is CN(C)CCCNC(=O)CN1C(=O)NC(C)(c2ccc(F)cc2)C1=O. The molecule has 1 aliphatic heterocycles. The summed E-state index contributed by atoms with van der Waals surface area (Å²) in [6, 6.07) is 4.69. The average molecular weight is 350 g/mol. The Morgan fingerprint density at radius 3 is 2.52 bits per heavy atom. The molecule has 1 aromatic rings. The Labute approximate surface area is 146 Å². The van der Waals surface area contributed by atoms with Gasteiger partial charge in [-0.3, -0.25) is 14.5 Å². The zero-order chi connectivity index (χ0) is 18.6. The fourth-order valence-electron chi connectivity index (χ4n) is 2.64. The van der Waals surface area contributed by atoms with Gasteiger partial charge in [0.25, 0.3) is 5.91 Å². The molecule has 2 rings (SSSR count). The van der Waals surface area contributed by atoms with E-state index in [1.165, 1.54) is 31.2 Å². The van der Waals surface area contributed by atoms with Crippen LogP contribution in [-0.2, 0) is 15.1 Å². The highest BCUT2D eigenvalue weighted by atomic mass is 19.1. The first kappa shape index (κ1) is 18.9. The van der Waals surface area contributed by atoms with Crippen molar-refractivity contribution in [3.8, 4) is 0 Å². The molecule has 1 aromatic carbocycles. The van der Waals surface area contributed by atoms with E-state index in [9.17, 15) is 18.8 Å². The minimum Gasteiger partial charge on any atom is -0.354 e. The summed E-state index contributed by atoms with van der Waals surface area (Å²) in [6.45, 7) is 2.49. The van der Waals surface area contributed by atoms with Gasteiger partial charge in [-0.05, 0) is 51.7 Å². The molecule has 0 aromatic heterocycles. The standard InChI is InChI=1S/C17H23FN4O3/c1-17(12-5-7-13(18)8-6-12)15(24)22(16(25)20-17)11-14(23)19-9-4-10-21(2)3/h5-8H,4,9-11H2,1-3H3,(H,19,23)(H,20,25). The summed E-state index contributed by atoms with van der Waals surface area (Å²) in [4.78, 5) is 39.6. The molecule has 0 bridgehead atoms. The maximum atomic E-state index is 13.1. The summed E-state index contributed by atoms with van der Waals surface area (Å²) in [5.41, 5.74) is -0.850. The number of hydrogen-bond acceptors (Lipinski definition) is 4. The Morgan fingerprint density at radius 1 is 1.28 bits per heavy atom. The average Bonchev–Trinajstić information content (AvgIpc) is 2.76. The van der Waals surface area contributed by atoms with Crippen LogP contribution in [0.3, 0.4) is 0 Å². The van der Waals surface area contributed by atoms with E-state index in [-0.39, 0.29) is 6.54 Å². The van der Waals surface area contributed by atoms with Crippen LogP contribution in [0.2, 0.25) is 0 Å². The van der Waals surface area contributed by atoms with Crippen molar-refractivity contribution >= 4 is 17.8 Å². The summed E-state index contributed by atoms with van der Waals surface area (Å²) in [5, 5.41) is 5.27. The van der Waals surface area contributed by atoms with Gasteiger partial charge in [0, 0.05) is 6.54 Å². The second-order valence-corrected chi connectivity index (χ2v) is 6.46. The van der Waals surface area contributed by atoms with E-state index in [1.54, 1.807) is 0 Å². The summed E-state index contributed by atoms with van der Waals surface area (Å²) in [7, 11) is 3.87. The van der Waals surface area contributed by atoms with Crippen molar-refractivity contribution in [3.63, 3.8) is 0 Å². The third-order valence-corrected chi connectivity index (χ3v) is 4.10. The molecule has 1 aliphatic rings. The molecule has 1 atom stereocenters. The van der Waals surface area contributed by atoms with E-state index in [1.807, 2.05) is 19.0 Å². The van der Waals surface area contributed by atoms with E-state index >= 15 is 0 Å². The predicted octanol–water partition coefficient (Wildman–Crippen LogP) is 0.661. The van der Waals surface area contributed by atoms with Crippen LogP contribution in [0.4, 0.5) is 9.18 Å². The molecule has 0 aliphatic carbocycles. The fraction of sp³-hybridized carbons (Fsp3) is 0.471. The molecular weight excluding hydrogens is 327 g/mol. The molecule has 4 amide bonds. The molecule has 0 spiro atoms. The molecule has 7 nitrogen and oxygen atoms in total. The smallest absolute Gasteiger partial charge is 0.325 e. The van der Waals surface area contributed by atoms with Gasteiger partial charge in [0.15, 0.2) is 0 Å². The molecule has 0 saturated carbocycles. The highest BCUT2D eigenvalue weighted by molar-refractivity contribution is 6.09. The van der Waals surface area contributed by atoms with Gasteiger partial charge in [0.05, 0.1) is 0 Å². The number of hydrogen-bond donors (Lipinski definition) is 2. The van der Waals surface area contributed by atoms with Crippen molar-refractivity contribution in [2.24, 2.45) is 0 Å². The van der Waals surface area contributed by atoms with Gasteiger partial charge in [-0.2, -0.15) is 0 Å². The molecule has 25 heavy (non-hydrogen) atoms. The van der Waals surface area contributed by atoms with Crippen molar-refractivity contribution in [2.45, 2.75) is 18.9 Å². The minimum absolute atomic E-state index is 0.344. The molecule has 136 valence electrons. The lowest BCUT2D eigenvalue weighted by atomic mass is 9.92. The number of amides is 4. The van der Waals surface area contributed by atoms with Crippen LogP contribution in [-0.4, -0.2) is 61.4 Å². The maximum absolute atomic E-state index is 13.1. The molecule has 2 N–H and O–H groups in total. The van der Waals surface area contributed by atoms with Crippen molar-refractivity contribution in [3.05, 3.63) is 35.6 Å². The summed E-state index contributed by atoms with van der Waals surface area (Å²) >= 11 is 0. The van der Waals surface area contributed by atoms with Crippen molar-refractivity contribution in [2.75, 3.05) is 33.7 Å². The zero-order valence-electron chi connectivity index (χ0n) is 14.6. The Bertz CT molecular complexity index is 662. The normalized spacial score (nSPS) is 20.1. The molecule has 0 radical (unpaired) electrons. The van der Waals surface area contributed by atoms with E-state index in [0.29, 0.717) is 12.1 Å². The van der Waals surface area contributed by atoms with E-state index in [2.05, 4.69) is 10.6 Å². The summed E-state index contributed by atoms with van der Waals surface area (Å²) < 4.78 is 13.1. The monoisotopic (exact) mass is 350 g/mol. The number of nitrogens with zero attached hydrogens (tertiary/aromatic N) is 2. The molecule has 1 heterocycles. The second kappa shape index (κ2) is 7.60. The highest BCUT2D eigenvalue weighted by Crippen LogP contribution is 2.28. The van der Waals surface area contributed by atoms with E-state index < -0.39 is 29.2 Å². The predicted molar refractivity (Wildman–Crippen MR) is 90.2 cm³/mol. The molecule has 1 fully saturated rings. The lowest BCUT2D eigenvalue weighted by Crippen LogP contribution is -2.43. The van der Waals surface area contributed by atoms with Crippen molar-refractivity contribution in [1.29, 1.82) is 0 Å². The quantitative estimate of drug-likeness (QED) is 0.559. The number of carbonyl (C=O) groups excluding carboxylic acids is 3. The first-order valence-electron chi connectivity index (χ1n) is 8.05. The number of rotatable bonds is 7. The third kappa shape index (κ3) is 4.33. The number of carbonyl (C=O) groups is 3. The van der Waals surface area contributed by atoms with Crippen LogP contribution >= 0.6 is 0 Å². The van der Waals surface area contributed by atoms with Crippen molar-refractivity contribution < 1.29 is 18.8 Å². The van der Waals surface area contributed by atoms with Crippen LogP contribution < -0.4 is 10.6 Å². The summed E-state index contributed by atoms with van der Waals surface area (Å²) in [6.07, 6.45) is 0.770. The van der Waals surface area contributed by atoms with Crippen LogP contribution in [0.25, 0.3) is 0 Å². The number of nitrogens with one attached hydrogen (secondary N) is 2. The third-order valence-electron chi connectivity index (χ3n) is 4.10. The maximum Gasteiger partial charge on any atom is 0.325 e. The van der Waals surface area contributed by atoms with Crippen molar-refractivity contribution in [1.82, 2.24) is 20.4 Å². The number of halogens is 1. The number of imide groups is 1. The number of urea groups is 1. The Balaban J connectivity index is 1.98. The Kier molecular flexibility index (Phi) is 5.73. The fourth-order valence-corrected chi connectivity index (χ4v) is 2.64. The van der Waals surface area contributed by atoms with Crippen LogP contribution in [0.5, 0.6) is 0 Å². The zero-order valence-corrected chi connectivity index (χ0v) is 14.6. The minimum atomic E-state index is -1.31. The molecule has 8 heteroatoms. The highest BCUT2D eigenvalue weighted by Gasteiger charge is 2.49. The molecule has 1 unspecified atom stereocenters. The van der Waals surface area contributed by atoms with Gasteiger partial charge in [0.2, 0.25) is 5.91 Å². The first-order chi connectivity index (χ1) is 11.7. The van der Waals surface area contributed by atoms with Gasteiger partial charge in [-0.25, -0.2) is 9.18 Å². The van der Waals surface area contributed by atoms with Gasteiger partial charge in [-0.1, -0.05) is 12.1 Å². The van der Waals surface area contributed by atoms with E-state index in [0.717, 1.165) is 17.9 Å². The van der Waals surface area contributed by atoms with E-state index in [4.69, 9.17) is 0 Å². The number of benzene rings is 1. The van der Waals surface area contributed by atoms with Crippen LogP contribution in [0, 0.1) is 5.82 Å². The van der Waals surface area contributed by atoms with Gasteiger partial charge in [-0.15, -0.1) is 0 Å². The first-order valence-corrected chi connectivity index (χ1v) is 8.05. The van der Waals surface area contributed by atoms with Crippen LogP contribution in [0.1, 0.15) is 18.9 Å². The van der Waals surface area contributed by atoms with Crippen LogP contribution in [0.15, 0.2) is 24.3 Å². The lowest BCUT2D eigenvalue weighted by molar-refractivity contribution is -0.134. The Hall–Kier alpha value is -2.48. The van der Waals surface area contributed by atoms with Gasteiger partial charge in [0.1, 0.15) is 17.9 Å². The summed E-state index contributed by atoms with van der Waals surface area (Å²) in [5.74, 6) is -1.36. The lowest BCUT2D eigenvalue weighted by Gasteiger charge is -2.22. The van der Waals surface area contributed by atoms with Gasteiger partial charge >= 0.3 is 6.03 Å². The molecular formula is C17H23FN4O3.